The Kier molecular flexibility index (Phi) is 8.38. The van der Waals surface area contributed by atoms with Crippen LogP contribution in [0.2, 0.25) is 0 Å². The first-order valence-electron chi connectivity index (χ1n) is 7.79. The SMILES string of the molecule is CN=C(NCCCCN1CCCC1)NCC(C)(C)SC. The lowest BCUT2D eigenvalue weighted by Crippen LogP contribution is -2.43. The summed E-state index contributed by atoms with van der Waals surface area (Å²) in [6.07, 6.45) is 7.42. The van der Waals surface area contributed by atoms with Gasteiger partial charge in [0.2, 0.25) is 0 Å². The lowest BCUT2D eigenvalue weighted by Gasteiger charge is -2.23. The minimum Gasteiger partial charge on any atom is -0.356 e. The van der Waals surface area contributed by atoms with E-state index in [4.69, 9.17) is 0 Å². The third-order valence-corrected chi connectivity index (χ3v) is 5.10. The van der Waals surface area contributed by atoms with Crippen molar-refractivity contribution < 1.29 is 0 Å². The second-order valence-corrected chi connectivity index (χ2v) is 7.59. The van der Waals surface area contributed by atoms with Gasteiger partial charge in [-0.1, -0.05) is 0 Å². The van der Waals surface area contributed by atoms with Gasteiger partial charge in [0, 0.05) is 24.9 Å². The number of hydrogen-bond acceptors (Lipinski definition) is 3. The van der Waals surface area contributed by atoms with Crippen molar-refractivity contribution in [1.29, 1.82) is 0 Å². The van der Waals surface area contributed by atoms with Crippen LogP contribution in [0, 0.1) is 0 Å². The Morgan fingerprint density at radius 1 is 1.20 bits per heavy atom. The van der Waals surface area contributed by atoms with Crippen LogP contribution >= 0.6 is 11.8 Å². The van der Waals surface area contributed by atoms with Crippen LogP contribution in [0.5, 0.6) is 0 Å². The number of thioether (sulfide) groups is 1. The second-order valence-electron chi connectivity index (χ2n) is 6.07. The zero-order valence-corrected chi connectivity index (χ0v) is 14.5. The number of likely N-dealkylation sites (tertiary alicyclic amines) is 1. The Hall–Kier alpha value is -0.420. The fourth-order valence-electron chi connectivity index (χ4n) is 2.26. The number of nitrogens with zero attached hydrogens (tertiary/aromatic N) is 2. The summed E-state index contributed by atoms with van der Waals surface area (Å²) in [5.74, 6) is 0.924. The number of nitrogens with one attached hydrogen (secondary N) is 2. The van der Waals surface area contributed by atoms with E-state index in [9.17, 15) is 0 Å². The average Bonchev–Trinajstić information content (AvgIpc) is 2.95. The maximum atomic E-state index is 4.28. The van der Waals surface area contributed by atoms with Crippen molar-refractivity contribution in [2.24, 2.45) is 4.99 Å². The predicted octanol–water partition coefficient (Wildman–Crippen LogP) is 2.17. The number of aliphatic imine (C=N–C) groups is 1. The van der Waals surface area contributed by atoms with Crippen molar-refractivity contribution in [2.75, 3.05) is 46.0 Å². The first kappa shape index (κ1) is 17.6. The zero-order valence-electron chi connectivity index (χ0n) is 13.7. The summed E-state index contributed by atoms with van der Waals surface area (Å²) in [7, 11) is 1.84. The highest BCUT2D eigenvalue weighted by Crippen LogP contribution is 2.19. The Morgan fingerprint density at radius 2 is 1.90 bits per heavy atom. The monoisotopic (exact) mass is 300 g/mol. The summed E-state index contributed by atoms with van der Waals surface area (Å²) in [4.78, 5) is 6.85. The topological polar surface area (TPSA) is 39.7 Å². The predicted molar refractivity (Wildman–Crippen MR) is 91.9 cm³/mol. The Morgan fingerprint density at radius 3 is 2.50 bits per heavy atom. The summed E-state index contributed by atoms with van der Waals surface area (Å²) in [5.41, 5.74) is 0. The average molecular weight is 301 g/mol. The van der Waals surface area contributed by atoms with Gasteiger partial charge in [-0.15, -0.1) is 0 Å². The van der Waals surface area contributed by atoms with Gasteiger partial charge in [0.15, 0.2) is 5.96 Å². The first-order chi connectivity index (χ1) is 9.57. The van der Waals surface area contributed by atoms with E-state index >= 15 is 0 Å². The molecule has 1 heterocycles. The molecule has 4 nitrogen and oxygen atoms in total. The molecule has 0 atom stereocenters. The van der Waals surface area contributed by atoms with Crippen LogP contribution in [0.15, 0.2) is 4.99 Å². The fraction of sp³-hybridized carbons (Fsp3) is 0.933. The molecule has 1 aliphatic heterocycles. The van der Waals surface area contributed by atoms with E-state index in [1.807, 2.05) is 18.8 Å². The van der Waals surface area contributed by atoms with Gasteiger partial charge in [0.05, 0.1) is 0 Å². The highest BCUT2D eigenvalue weighted by atomic mass is 32.2. The van der Waals surface area contributed by atoms with Gasteiger partial charge in [-0.05, 0) is 65.4 Å². The zero-order chi connectivity index (χ0) is 14.8. The van der Waals surface area contributed by atoms with Crippen molar-refractivity contribution in [1.82, 2.24) is 15.5 Å². The van der Waals surface area contributed by atoms with Crippen LogP contribution in [0.25, 0.3) is 0 Å². The molecule has 2 N–H and O–H groups in total. The molecule has 0 aromatic rings. The molecule has 0 aromatic carbocycles. The van der Waals surface area contributed by atoms with Crippen LogP contribution in [0.3, 0.4) is 0 Å². The molecule has 20 heavy (non-hydrogen) atoms. The van der Waals surface area contributed by atoms with E-state index in [0.29, 0.717) is 0 Å². The van der Waals surface area contributed by atoms with Crippen molar-refractivity contribution in [3.05, 3.63) is 0 Å². The summed E-state index contributed by atoms with van der Waals surface area (Å²) in [5, 5.41) is 6.80. The largest absolute Gasteiger partial charge is 0.356 e. The van der Waals surface area contributed by atoms with Gasteiger partial charge in [-0.3, -0.25) is 4.99 Å². The summed E-state index contributed by atoms with van der Waals surface area (Å²) in [6.45, 7) is 10.3. The summed E-state index contributed by atoms with van der Waals surface area (Å²) < 4.78 is 0.243. The minimum absolute atomic E-state index is 0.243. The number of guanidine groups is 1. The molecular formula is C15H32N4S. The van der Waals surface area contributed by atoms with E-state index in [1.165, 1.54) is 45.3 Å². The van der Waals surface area contributed by atoms with Gasteiger partial charge in [-0.25, -0.2) is 0 Å². The number of unbranched alkanes of at least 4 members (excludes halogenated alkanes) is 1. The Balaban J connectivity index is 2.06. The molecule has 0 aliphatic carbocycles. The maximum Gasteiger partial charge on any atom is 0.191 e. The number of rotatable bonds is 8. The minimum atomic E-state index is 0.243. The molecule has 0 amide bonds. The highest BCUT2D eigenvalue weighted by molar-refractivity contribution is 7.99. The molecule has 118 valence electrons. The summed E-state index contributed by atoms with van der Waals surface area (Å²) in [6, 6.07) is 0. The lowest BCUT2D eigenvalue weighted by molar-refractivity contribution is 0.330. The third kappa shape index (κ3) is 7.39. The van der Waals surface area contributed by atoms with Crippen molar-refractivity contribution >= 4 is 17.7 Å². The van der Waals surface area contributed by atoms with Crippen LogP contribution in [0.1, 0.15) is 39.5 Å². The standard InChI is InChI=1S/C15H32N4S/c1-15(2,20-4)13-18-14(16-3)17-9-5-6-10-19-11-7-8-12-19/h5-13H2,1-4H3,(H2,16,17,18). The van der Waals surface area contributed by atoms with E-state index in [0.717, 1.165) is 19.0 Å². The molecule has 0 aromatic heterocycles. The lowest BCUT2D eigenvalue weighted by atomic mass is 10.2. The molecule has 1 fully saturated rings. The normalized spacial score (nSPS) is 17.5. The Labute approximate surface area is 129 Å². The van der Waals surface area contributed by atoms with Gasteiger partial charge in [-0.2, -0.15) is 11.8 Å². The van der Waals surface area contributed by atoms with E-state index < -0.39 is 0 Å². The van der Waals surface area contributed by atoms with Crippen LogP contribution in [0.4, 0.5) is 0 Å². The molecule has 1 saturated heterocycles. The maximum absolute atomic E-state index is 4.28. The molecule has 1 rings (SSSR count). The van der Waals surface area contributed by atoms with Crippen molar-refractivity contribution in [2.45, 2.75) is 44.3 Å². The molecule has 5 heteroatoms. The van der Waals surface area contributed by atoms with Crippen LogP contribution < -0.4 is 10.6 Å². The Bertz CT molecular complexity index is 286. The molecular weight excluding hydrogens is 268 g/mol. The van der Waals surface area contributed by atoms with Crippen LogP contribution in [-0.2, 0) is 0 Å². The van der Waals surface area contributed by atoms with E-state index in [1.54, 1.807) is 0 Å². The second kappa shape index (κ2) is 9.50. The smallest absolute Gasteiger partial charge is 0.191 e. The quantitative estimate of drug-likeness (QED) is 0.409. The third-order valence-electron chi connectivity index (χ3n) is 3.85. The molecule has 0 radical (unpaired) electrons. The van der Waals surface area contributed by atoms with Gasteiger partial charge in [0.25, 0.3) is 0 Å². The van der Waals surface area contributed by atoms with Gasteiger partial charge in [0.1, 0.15) is 0 Å². The number of hydrogen-bond donors (Lipinski definition) is 2. The van der Waals surface area contributed by atoms with Gasteiger partial charge >= 0.3 is 0 Å². The van der Waals surface area contributed by atoms with Gasteiger partial charge < -0.3 is 15.5 Å². The van der Waals surface area contributed by atoms with Crippen LogP contribution in [-0.4, -0.2) is 61.6 Å². The molecule has 0 unspecified atom stereocenters. The molecule has 0 saturated carbocycles. The fourth-order valence-corrected chi connectivity index (χ4v) is 2.48. The van der Waals surface area contributed by atoms with E-state index in [-0.39, 0.29) is 4.75 Å². The highest BCUT2D eigenvalue weighted by Gasteiger charge is 2.16. The van der Waals surface area contributed by atoms with Crippen molar-refractivity contribution in [3.63, 3.8) is 0 Å². The summed E-state index contributed by atoms with van der Waals surface area (Å²) >= 11 is 1.87. The molecule has 1 aliphatic rings. The molecule has 0 spiro atoms. The first-order valence-corrected chi connectivity index (χ1v) is 9.02. The molecule has 0 bridgehead atoms. The van der Waals surface area contributed by atoms with E-state index in [2.05, 4.69) is 40.6 Å². The van der Waals surface area contributed by atoms with Crippen molar-refractivity contribution in [3.8, 4) is 0 Å².